The van der Waals surface area contributed by atoms with Gasteiger partial charge in [0, 0.05) is 0 Å². The Morgan fingerprint density at radius 1 is 1.35 bits per heavy atom. The fraction of sp³-hybridized carbons (Fsp3) is 0.188. The zero-order chi connectivity index (χ0) is 14.4. The van der Waals surface area contributed by atoms with Gasteiger partial charge in [0.15, 0.2) is 5.76 Å². The molecule has 1 N–H and O–H groups in total. The summed E-state index contributed by atoms with van der Waals surface area (Å²) in [5, 5.41) is 8.71. The number of rotatable bonds is 6. The predicted molar refractivity (Wildman–Crippen MR) is 75.8 cm³/mol. The third kappa shape index (κ3) is 3.83. The second kappa shape index (κ2) is 6.73. The normalized spacial score (nSPS) is 10.9. The molecule has 0 atom stereocenters. The van der Waals surface area contributed by atoms with Crippen LogP contribution in [0.4, 0.5) is 0 Å². The molecule has 0 fully saturated rings. The Kier molecular flexibility index (Phi) is 4.74. The van der Waals surface area contributed by atoms with Crippen LogP contribution in [0.1, 0.15) is 21.9 Å². The molecule has 2 rings (SSSR count). The second-order valence-electron chi connectivity index (χ2n) is 4.25. The molecule has 0 aliphatic carbocycles. The Balaban J connectivity index is 2.05. The van der Waals surface area contributed by atoms with Gasteiger partial charge in [0.1, 0.15) is 18.1 Å². The van der Waals surface area contributed by atoms with Gasteiger partial charge < -0.3 is 14.3 Å². The molecule has 0 saturated heterocycles. The monoisotopic (exact) mass is 272 g/mol. The van der Waals surface area contributed by atoms with Gasteiger partial charge in [-0.05, 0) is 42.8 Å². The van der Waals surface area contributed by atoms with Crippen LogP contribution in [0.3, 0.4) is 0 Å². The molecule has 4 heteroatoms. The molecule has 2 aromatic rings. The summed E-state index contributed by atoms with van der Waals surface area (Å²) < 4.78 is 10.6. The smallest absolute Gasteiger partial charge is 0.221 e. The number of aliphatic hydroxyl groups is 1. The first-order chi connectivity index (χ1) is 9.69. The molecule has 0 amide bonds. The van der Waals surface area contributed by atoms with E-state index in [9.17, 15) is 4.79 Å². The zero-order valence-corrected chi connectivity index (χ0v) is 11.2. The summed E-state index contributed by atoms with van der Waals surface area (Å²) in [6, 6.07) is 10.7. The number of benzene rings is 1. The van der Waals surface area contributed by atoms with E-state index in [1.54, 1.807) is 37.3 Å². The molecular weight excluding hydrogens is 256 g/mol. The summed E-state index contributed by atoms with van der Waals surface area (Å²) in [5.74, 6) is 1.51. The van der Waals surface area contributed by atoms with Gasteiger partial charge in [0.05, 0.1) is 6.61 Å². The number of furan rings is 1. The van der Waals surface area contributed by atoms with Crippen molar-refractivity contribution in [1.29, 1.82) is 0 Å². The highest BCUT2D eigenvalue weighted by atomic mass is 16.5. The lowest BCUT2D eigenvalue weighted by Crippen LogP contribution is -2.01. The predicted octanol–water partition coefficient (Wildman–Crippen LogP) is 2.86. The first kappa shape index (κ1) is 14.1. The molecule has 0 aliphatic rings. The van der Waals surface area contributed by atoms with Crippen molar-refractivity contribution < 1.29 is 19.1 Å². The molecule has 0 spiro atoms. The molecule has 0 unspecified atom stereocenters. The Morgan fingerprint density at radius 2 is 2.20 bits per heavy atom. The lowest BCUT2D eigenvalue weighted by molar-refractivity contribution is 0.102. The Bertz CT molecular complexity index is 610. The molecule has 0 bridgehead atoms. The average molecular weight is 272 g/mol. The van der Waals surface area contributed by atoms with Crippen LogP contribution in [0, 0.1) is 6.92 Å². The van der Waals surface area contributed by atoms with Gasteiger partial charge in [-0.3, -0.25) is 4.79 Å². The summed E-state index contributed by atoms with van der Waals surface area (Å²) in [5.41, 5.74) is 0.845. The van der Waals surface area contributed by atoms with Gasteiger partial charge in [-0.15, -0.1) is 0 Å². The van der Waals surface area contributed by atoms with Crippen molar-refractivity contribution in [1.82, 2.24) is 0 Å². The number of allylic oxidation sites excluding steroid dienone is 1. The fourth-order valence-corrected chi connectivity index (χ4v) is 1.69. The van der Waals surface area contributed by atoms with Crippen molar-refractivity contribution >= 4 is 11.9 Å². The van der Waals surface area contributed by atoms with E-state index in [1.807, 2.05) is 12.1 Å². The van der Waals surface area contributed by atoms with Gasteiger partial charge in [0.2, 0.25) is 5.78 Å². The van der Waals surface area contributed by atoms with Gasteiger partial charge in [-0.25, -0.2) is 0 Å². The molecule has 1 heterocycles. The lowest BCUT2D eigenvalue weighted by atomic mass is 10.1. The molecule has 1 aromatic heterocycles. The number of hydrogen-bond acceptors (Lipinski definition) is 4. The van der Waals surface area contributed by atoms with Crippen molar-refractivity contribution in [2.45, 2.75) is 6.92 Å². The number of ether oxygens (including phenoxy) is 1. The van der Waals surface area contributed by atoms with Crippen molar-refractivity contribution in [2.75, 3.05) is 13.2 Å². The maximum absolute atomic E-state index is 11.8. The van der Waals surface area contributed by atoms with Crippen LogP contribution in [0.2, 0.25) is 0 Å². The quantitative estimate of drug-likeness (QED) is 0.649. The summed E-state index contributed by atoms with van der Waals surface area (Å²) >= 11 is 0. The maximum Gasteiger partial charge on any atom is 0.221 e. The summed E-state index contributed by atoms with van der Waals surface area (Å²) in [6.45, 7) is 2.01. The van der Waals surface area contributed by atoms with E-state index in [-0.39, 0.29) is 19.0 Å². The molecule has 0 radical (unpaired) electrons. The van der Waals surface area contributed by atoms with Gasteiger partial charge in [-0.2, -0.15) is 0 Å². The zero-order valence-electron chi connectivity index (χ0n) is 11.2. The van der Waals surface area contributed by atoms with Gasteiger partial charge >= 0.3 is 0 Å². The van der Waals surface area contributed by atoms with E-state index < -0.39 is 0 Å². The molecule has 20 heavy (non-hydrogen) atoms. The Hall–Kier alpha value is -2.33. The highest BCUT2D eigenvalue weighted by Crippen LogP contribution is 2.15. The number of aryl methyl sites for hydroxylation is 1. The number of hydrogen-bond donors (Lipinski definition) is 1. The first-order valence-corrected chi connectivity index (χ1v) is 6.31. The van der Waals surface area contributed by atoms with Crippen molar-refractivity contribution in [3.63, 3.8) is 0 Å². The molecule has 0 saturated carbocycles. The van der Waals surface area contributed by atoms with E-state index >= 15 is 0 Å². The fourth-order valence-electron chi connectivity index (χ4n) is 1.69. The topological polar surface area (TPSA) is 59.7 Å². The SMILES string of the molecule is Cc1ccc(C(=O)C=Cc2cccc(OCCO)c2)o1. The third-order valence-electron chi connectivity index (χ3n) is 2.63. The number of ketones is 1. The van der Waals surface area contributed by atoms with E-state index in [2.05, 4.69) is 0 Å². The Labute approximate surface area is 117 Å². The van der Waals surface area contributed by atoms with Crippen LogP contribution in [0.25, 0.3) is 6.08 Å². The molecule has 104 valence electrons. The van der Waals surface area contributed by atoms with Crippen LogP contribution in [-0.4, -0.2) is 24.1 Å². The minimum Gasteiger partial charge on any atom is -0.491 e. The highest BCUT2D eigenvalue weighted by Gasteiger charge is 2.05. The van der Waals surface area contributed by atoms with Gasteiger partial charge in [0.25, 0.3) is 0 Å². The highest BCUT2D eigenvalue weighted by molar-refractivity contribution is 6.04. The summed E-state index contributed by atoms with van der Waals surface area (Å²) in [4.78, 5) is 11.8. The van der Waals surface area contributed by atoms with Crippen LogP contribution in [0.15, 0.2) is 46.9 Å². The maximum atomic E-state index is 11.8. The minimum absolute atomic E-state index is 0.0314. The number of aliphatic hydroxyl groups excluding tert-OH is 1. The molecule has 1 aromatic carbocycles. The number of carbonyl (C=O) groups is 1. The number of carbonyl (C=O) groups excluding carboxylic acids is 1. The van der Waals surface area contributed by atoms with Crippen molar-refractivity contribution in [2.24, 2.45) is 0 Å². The van der Waals surface area contributed by atoms with E-state index in [0.29, 0.717) is 17.3 Å². The third-order valence-corrected chi connectivity index (χ3v) is 2.63. The molecule has 4 nitrogen and oxygen atoms in total. The van der Waals surface area contributed by atoms with Gasteiger partial charge in [-0.1, -0.05) is 18.2 Å². The first-order valence-electron chi connectivity index (χ1n) is 6.31. The summed E-state index contributed by atoms with van der Waals surface area (Å²) in [7, 11) is 0. The second-order valence-corrected chi connectivity index (χ2v) is 4.25. The van der Waals surface area contributed by atoms with Crippen LogP contribution in [-0.2, 0) is 0 Å². The van der Waals surface area contributed by atoms with Crippen molar-refractivity contribution in [3.8, 4) is 5.75 Å². The van der Waals surface area contributed by atoms with E-state index in [4.69, 9.17) is 14.3 Å². The van der Waals surface area contributed by atoms with Crippen LogP contribution in [0.5, 0.6) is 5.75 Å². The Morgan fingerprint density at radius 3 is 2.90 bits per heavy atom. The molecular formula is C16H16O4. The van der Waals surface area contributed by atoms with Crippen molar-refractivity contribution in [3.05, 3.63) is 59.6 Å². The summed E-state index contributed by atoms with van der Waals surface area (Å²) in [6.07, 6.45) is 3.16. The average Bonchev–Trinajstić information content (AvgIpc) is 2.90. The molecule has 0 aliphatic heterocycles. The largest absolute Gasteiger partial charge is 0.491 e. The van der Waals surface area contributed by atoms with Crippen LogP contribution >= 0.6 is 0 Å². The lowest BCUT2D eigenvalue weighted by Gasteiger charge is -2.04. The minimum atomic E-state index is -0.181. The standard InChI is InChI=1S/C16H16O4/c1-12-5-8-16(20-12)15(18)7-6-13-3-2-4-14(11-13)19-10-9-17/h2-8,11,17H,9-10H2,1H3. The van der Waals surface area contributed by atoms with E-state index in [0.717, 1.165) is 5.56 Å². The van der Waals surface area contributed by atoms with E-state index in [1.165, 1.54) is 6.08 Å². The van der Waals surface area contributed by atoms with Crippen LogP contribution < -0.4 is 4.74 Å².